The lowest BCUT2D eigenvalue weighted by Crippen LogP contribution is -2.29. The first-order valence-corrected chi connectivity index (χ1v) is 10.5. The van der Waals surface area contributed by atoms with E-state index in [1.165, 1.54) is 25.5 Å². The topological polar surface area (TPSA) is 102 Å². The monoisotopic (exact) mass is 461 g/mol. The van der Waals surface area contributed by atoms with Gasteiger partial charge in [-0.15, -0.1) is 0 Å². The van der Waals surface area contributed by atoms with Gasteiger partial charge in [0.2, 0.25) is 5.82 Å². The number of aliphatic hydroxyl groups is 1. The van der Waals surface area contributed by atoms with Crippen LogP contribution in [0.3, 0.4) is 0 Å². The maximum absolute atomic E-state index is 15.2. The first-order chi connectivity index (χ1) is 16.0. The van der Waals surface area contributed by atoms with Crippen LogP contribution in [0.1, 0.15) is 36.2 Å². The lowest BCUT2D eigenvalue weighted by atomic mass is 9.89. The average molecular weight is 461 g/mol. The fraction of sp³-hybridized carbons (Fsp3) is 0.364. The smallest absolute Gasteiger partial charge is 0.272 e. The van der Waals surface area contributed by atoms with Crippen LogP contribution in [0.2, 0.25) is 0 Å². The number of nitrogens with one attached hydrogen (secondary N) is 1. The number of nitrogens with zero attached hydrogens (tertiary/aromatic N) is 4. The quantitative estimate of drug-likeness (QED) is 0.544. The molecule has 0 spiro atoms. The summed E-state index contributed by atoms with van der Waals surface area (Å²) in [7, 11) is 0. The minimum absolute atomic E-state index is 0.0572. The molecule has 0 unspecified atom stereocenters. The van der Waals surface area contributed by atoms with Gasteiger partial charge < -0.3 is 15.2 Å². The summed E-state index contributed by atoms with van der Waals surface area (Å²) < 4.78 is 50.4. The molecule has 0 aliphatic carbocycles. The molecular formula is C22H22F3N5O3. The van der Waals surface area contributed by atoms with Crippen molar-refractivity contribution in [2.24, 2.45) is 0 Å². The molecule has 3 aromatic rings. The molecule has 0 atom stereocenters. The summed E-state index contributed by atoms with van der Waals surface area (Å²) in [5.41, 5.74) is 0.315. The molecule has 1 aromatic carbocycles. The lowest BCUT2D eigenvalue weighted by molar-refractivity contribution is 0.0795. The maximum Gasteiger partial charge on any atom is 0.272 e. The zero-order chi connectivity index (χ0) is 23.5. The summed E-state index contributed by atoms with van der Waals surface area (Å²) >= 11 is 0. The fourth-order valence-corrected chi connectivity index (χ4v) is 4.07. The number of aliphatic hydroxyl groups excluding tert-OH is 1. The van der Waals surface area contributed by atoms with Crippen molar-refractivity contribution in [3.63, 3.8) is 0 Å². The van der Waals surface area contributed by atoms with Crippen LogP contribution < -0.4 is 10.1 Å². The minimum atomic E-state index is -1.49. The van der Waals surface area contributed by atoms with Gasteiger partial charge in [0.05, 0.1) is 23.6 Å². The van der Waals surface area contributed by atoms with E-state index in [1.54, 1.807) is 0 Å². The number of ether oxygens (including phenoxy) is 1. The summed E-state index contributed by atoms with van der Waals surface area (Å²) in [6, 6.07) is 2.33. The number of hydrogen-bond donors (Lipinski definition) is 2. The molecule has 3 heterocycles. The van der Waals surface area contributed by atoms with Crippen LogP contribution in [0, 0.1) is 17.5 Å². The number of piperidine rings is 1. The van der Waals surface area contributed by atoms with Gasteiger partial charge in [-0.1, -0.05) is 0 Å². The predicted molar refractivity (Wildman–Crippen MR) is 112 cm³/mol. The average Bonchev–Trinajstić information content (AvgIpc) is 3.25. The number of hydrogen-bond acceptors (Lipinski definition) is 7. The predicted octanol–water partition coefficient (Wildman–Crippen LogP) is 2.92. The fourth-order valence-electron chi connectivity index (χ4n) is 4.07. The lowest BCUT2D eigenvalue weighted by Gasteiger charge is -2.24. The number of aromatic nitrogens is 4. The Balaban J connectivity index is 2.03. The molecule has 0 bridgehead atoms. The van der Waals surface area contributed by atoms with Crippen molar-refractivity contribution in [3.05, 3.63) is 47.8 Å². The highest BCUT2D eigenvalue weighted by atomic mass is 19.2. The van der Waals surface area contributed by atoms with Crippen LogP contribution in [-0.2, 0) is 0 Å². The van der Waals surface area contributed by atoms with Crippen molar-refractivity contribution in [1.82, 2.24) is 25.1 Å². The molecule has 33 heavy (non-hydrogen) atoms. The first-order valence-electron chi connectivity index (χ1n) is 10.5. The van der Waals surface area contributed by atoms with Crippen LogP contribution in [-0.4, -0.2) is 57.1 Å². The molecule has 0 radical (unpaired) electrons. The molecule has 2 aromatic heterocycles. The van der Waals surface area contributed by atoms with Crippen LogP contribution in [0.15, 0.2) is 24.7 Å². The molecule has 1 aliphatic heterocycles. The zero-order valence-corrected chi connectivity index (χ0v) is 17.8. The maximum atomic E-state index is 15.2. The van der Waals surface area contributed by atoms with E-state index in [9.17, 15) is 18.7 Å². The second-order valence-electron chi connectivity index (χ2n) is 7.49. The van der Waals surface area contributed by atoms with Crippen molar-refractivity contribution in [2.45, 2.75) is 25.7 Å². The Hall–Kier alpha value is -3.31. The van der Waals surface area contributed by atoms with Gasteiger partial charge in [0.1, 0.15) is 18.6 Å². The van der Waals surface area contributed by atoms with Gasteiger partial charge in [-0.05, 0) is 45.0 Å². The highest BCUT2D eigenvalue weighted by Gasteiger charge is 2.33. The molecule has 174 valence electrons. The Morgan fingerprint density at radius 2 is 2.03 bits per heavy atom. The summed E-state index contributed by atoms with van der Waals surface area (Å²) in [4.78, 5) is 20.7. The largest absolute Gasteiger partial charge is 0.488 e. The summed E-state index contributed by atoms with van der Waals surface area (Å²) in [6.45, 7) is 1.95. The van der Waals surface area contributed by atoms with Gasteiger partial charge in [0, 0.05) is 17.7 Å². The van der Waals surface area contributed by atoms with E-state index < -0.39 is 41.3 Å². The molecule has 2 N–H and O–H groups in total. The first kappa shape index (κ1) is 22.9. The van der Waals surface area contributed by atoms with Crippen LogP contribution in [0.25, 0.3) is 22.5 Å². The van der Waals surface area contributed by atoms with Crippen molar-refractivity contribution in [1.29, 1.82) is 0 Å². The third kappa shape index (κ3) is 4.21. The Kier molecular flexibility index (Phi) is 6.70. The van der Waals surface area contributed by atoms with Gasteiger partial charge in [-0.3, -0.25) is 4.79 Å². The number of halogens is 3. The van der Waals surface area contributed by atoms with E-state index in [0.717, 1.165) is 10.7 Å². The third-order valence-electron chi connectivity index (χ3n) is 5.52. The van der Waals surface area contributed by atoms with E-state index in [-0.39, 0.29) is 23.8 Å². The molecule has 1 aliphatic rings. The van der Waals surface area contributed by atoms with E-state index in [1.807, 2.05) is 0 Å². The number of benzene rings is 1. The molecule has 8 nitrogen and oxygen atoms in total. The number of rotatable bonds is 6. The second-order valence-corrected chi connectivity index (χ2v) is 7.49. The van der Waals surface area contributed by atoms with Gasteiger partial charge in [0.25, 0.3) is 5.91 Å². The van der Waals surface area contributed by atoms with E-state index >= 15 is 4.39 Å². The second kappa shape index (κ2) is 9.67. The van der Waals surface area contributed by atoms with Crippen LogP contribution in [0.4, 0.5) is 13.2 Å². The Bertz CT molecular complexity index is 1160. The molecule has 0 amide bonds. The number of carbonyl (C=O) groups is 1. The summed E-state index contributed by atoms with van der Waals surface area (Å²) in [5, 5.41) is 17.0. The highest BCUT2D eigenvalue weighted by Crippen LogP contribution is 2.42. The molecule has 11 heteroatoms. The summed E-state index contributed by atoms with van der Waals surface area (Å²) in [6.07, 6.45) is 4.00. The standard InChI is InChI=1S/C22H22F3N5O3/c1-2-33-22-14(23)9-13(18(24)19(22)25)20-17(15-5-8-27-11-28-15)21(12-3-6-26-7-4-12)30(29-20)16(32)10-31/h5,8-9,11-12,26,31H,2-4,6-7,10H2,1H3. The van der Waals surface area contributed by atoms with Gasteiger partial charge >= 0.3 is 0 Å². The van der Waals surface area contributed by atoms with E-state index in [0.29, 0.717) is 37.3 Å². The Morgan fingerprint density at radius 1 is 1.27 bits per heavy atom. The Morgan fingerprint density at radius 3 is 2.67 bits per heavy atom. The van der Waals surface area contributed by atoms with Gasteiger partial charge in [0.15, 0.2) is 17.4 Å². The SMILES string of the molecule is CCOc1c(F)cc(-c2nn(C(=O)CO)c(C3CCNCC3)c2-c2ccncn2)c(F)c1F. The summed E-state index contributed by atoms with van der Waals surface area (Å²) in [5.74, 6) is -5.73. The van der Waals surface area contributed by atoms with E-state index in [4.69, 9.17) is 4.74 Å². The van der Waals surface area contributed by atoms with Crippen molar-refractivity contribution < 1.29 is 27.8 Å². The highest BCUT2D eigenvalue weighted by molar-refractivity contribution is 5.88. The third-order valence-corrected chi connectivity index (χ3v) is 5.52. The van der Waals surface area contributed by atoms with Crippen LogP contribution >= 0.6 is 0 Å². The Labute approximate surface area is 187 Å². The molecule has 0 saturated carbocycles. The molecule has 1 fully saturated rings. The van der Waals surface area contributed by atoms with Gasteiger partial charge in [-0.25, -0.2) is 23.4 Å². The zero-order valence-electron chi connectivity index (χ0n) is 17.8. The van der Waals surface area contributed by atoms with Crippen molar-refractivity contribution in [3.8, 4) is 28.3 Å². The van der Waals surface area contributed by atoms with E-state index in [2.05, 4.69) is 20.4 Å². The molecular weight excluding hydrogens is 439 g/mol. The number of carbonyl (C=O) groups excluding carboxylic acids is 1. The van der Waals surface area contributed by atoms with Crippen LogP contribution in [0.5, 0.6) is 5.75 Å². The van der Waals surface area contributed by atoms with Gasteiger partial charge in [-0.2, -0.15) is 9.49 Å². The molecule has 1 saturated heterocycles. The minimum Gasteiger partial charge on any atom is -0.488 e. The van der Waals surface area contributed by atoms with Crippen molar-refractivity contribution in [2.75, 3.05) is 26.3 Å². The molecule has 4 rings (SSSR count). The van der Waals surface area contributed by atoms with Crippen molar-refractivity contribution >= 4 is 5.91 Å². The normalized spacial score (nSPS) is 14.5.